The average Bonchev–Trinajstić information content (AvgIpc) is 2.63. The lowest BCUT2D eigenvalue weighted by Gasteiger charge is -2.26. The molecule has 5 nitrogen and oxygen atoms in total. The van der Waals surface area contributed by atoms with Crippen LogP contribution in [0, 0.1) is 6.92 Å². The van der Waals surface area contributed by atoms with E-state index in [1.165, 1.54) is 12.0 Å². The van der Waals surface area contributed by atoms with Crippen LogP contribution >= 0.6 is 0 Å². The Morgan fingerprint density at radius 2 is 1.96 bits per heavy atom. The summed E-state index contributed by atoms with van der Waals surface area (Å²) >= 11 is 0. The van der Waals surface area contributed by atoms with Gasteiger partial charge in [0.25, 0.3) is 5.91 Å². The van der Waals surface area contributed by atoms with Crippen molar-refractivity contribution in [3.63, 3.8) is 0 Å². The first-order chi connectivity index (χ1) is 11.7. The Morgan fingerprint density at radius 1 is 1.17 bits per heavy atom. The van der Waals surface area contributed by atoms with Gasteiger partial charge in [0.05, 0.1) is 12.4 Å². The van der Waals surface area contributed by atoms with Gasteiger partial charge in [0.2, 0.25) is 0 Å². The summed E-state index contributed by atoms with van der Waals surface area (Å²) in [6.07, 6.45) is 6.66. The minimum Gasteiger partial charge on any atom is -0.337 e. The fourth-order valence-corrected chi connectivity index (χ4v) is 3.10. The zero-order valence-corrected chi connectivity index (χ0v) is 14.4. The monoisotopic (exact) mass is 324 g/mol. The van der Waals surface area contributed by atoms with Gasteiger partial charge in [0.15, 0.2) is 5.82 Å². The normalized spacial score (nSPS) is 14.5. The molecule has 0 atom stereocenters. The van der Waals surface area contributed by atoms with Crippen molar-refractivity contribution in [1.82, 2.24) is 14.9 Å². The van der Waals surface area contributed by atoms with Gasteiger partial charge in [-0.2, -0.15) is 0 Å². The number of amides is 1. The van der Waals surface area contributed by atoms with Gasteiger partial charge in [-0.1, -0.05) is 12.1 Å². The minimum atomic E-state index is -0.00708. The zero-order valence-electron chi connectivity index (χ0n) is 14.4. The fourth-order valence-electron chi connectivity index (χ4n) is 3.10. The standard InChI is InChI=1S/C19H24N4O/c1-3-23(16-9-7-8-15(2)12-16)18-14-20-17(13-21-18)19(24)22-10-5-4-6-11-22/h7-9,12-14H,3-6,10-11H2,1-2H3. The highest BCUT2D eigenvalue weighted by atomic mass is 16.2. The molecule has 1 saturated heterocycles. The van der Waals surface area contributed by atoms with E-state index in [1.807, 2.05) is 11.0 Å². The summed E-state index contributed by atoms with van der Waals surface area (Å²) in [5, 5.41) is 0. The summed E-state index contributed by atoms with van der Waals surface area (Å²) < 4.78 is 0. The van der Waals surface area contributed by atoms with Crippen LogP contribution in [0.3, 0.4) is 0 Å². The van der Waals surface area contributed by atoms with Crippen molar-refractivity contribution in [2.24, 2.45) is 0 Å². The Bertz CT molecular complexity index is 693. The molecule has 1 fully saturated rings. The predicted molar refractivity (Wildman–Crippen MR) is 95.6 cm³/mol. The molecule has 1 aliphatic rings. The number of hydrogen-bond donors (Lipinski definition) is 0. The second-order valence-corrected chi connectivity index (χ2v) is 6.20. The van der Waals surface area contributed by atoms with Crippen LogP contribution in [0.2, 0.25) is 0 Å². The highest BCUT2D eigenvalue weighted by Gasteiger charge is 2.20. The molecule has 0 unspecified atom stereocenters. The Balaban J connectivity index is 1.78. The average molecular weight is 324 g/mol. The first-order valence-electron chi connectivity index (χ1n) is 8.64. The first-order valence-corrected chi connectivity index (χ1v) is 8.64. The van der Waals surface area contributed by atoms with Crippen molar-refractivity contribution >= 4 is 17.4 Å². The Morgan fingerprint density at radius 3 is 2.58 bits per heavy atom. The number of aryl methyl sites for hydroxylation is 1. The molecule has 2 heterocycles. The quantitative estimate of drug-likeness (QED) is 0.863. The van der Waals surface area contributed by atoms with Crippen LogP contribution in [0.4, 0.5) is 11.5 Å². The van der Waals surface area contributed by atoms with Crippen molar-refractivity contribution in [2.45, 2.75) is 33.1 Å². The lowest BCUT2D eigenvalue weighted by molar-refractivity contribution is 0.0718. The Hall–Kier alpha value is -2.43. The molecule has 1 aromatic carbocycles. The molecule has 1 aromatic heterocycles. The second kappa shape index (κ2) is 7.43. The van der Waals surface area contributed by atoms with Gasteiger partial charge in [-0.3, -0.25) is 4.79 Å². The summed E-state index contributed by atoms with van der Waals surface area (Å²) in [4.78, 5) is 25.3. The number of benzene rings is 1. The van der Waals surface area contributed by atoms with Gasteiger partial charge in [-0.15, -0.1) is 0 Å². The van der Waals surface area contributed by atoms with E-state index in [1.54, 1.807) is 12.4 Å². The lowest BCUT2D eigenvalue weighted by atomic mass is 10.1. The molecule has 0 aliphatic carbocycles. The van der Waals surface area contributed by atoms with E-state index in [0.717, 1.165) is 44.0 Å². The molecular weight excluding hydrogens is 300 g/mol. The molecule has 0 radical (unpaired) electrons. The number of likely N-dealkylation sites (tertiary alicyclic amines) is 1. The fraction of sp³-hybridized carbons (Fsp3) is 0.421. The van der Waals surface area contributed by atoms with Crippen molar-refractivity contribution in [3.8, 4) is 0 Å². The van der Waals surface area contributed by atoms with Crippen molar-refractivity contribution in [1.29, 1.82) is 0 Å². The third kappa shape index (κ3) is 3.55. The van der Waals surface area contributed by atoms with Crippen molar-refractivity contribution in [2.75, 3.05) is 24.5 Å². The number of rotatable bonds is 4. The lowest BCUT2D eigenvalue weighted by Crippen LogP contribution is -2.36. The number of aromatic nitrogens is 2. The summed E-state index contributed by atoms with van der Waals surface area (Å²) in [6, 6.07) is 8.29. The summed E-state index contributed by atoms with van der Waals surface area (Å²) in [5.41, 5.74) is 2.72. The number of piperidine rings is 1. The topological polar surface area (TPSA) is 49.3 Å². The predicted octanol–water partition coefficient (Wildman–Crippen LogP) is 3.57. The van der Waals surface area contributed by atoms with Crippen LogP contribution in [0.15, 0.2) is 36.7 Å². The van der Waals surface area contributed by atoms with Crippen LogP contribution in [-0.2, 0) is 0 Å². The van der Waals surface area contributed by atoms with Gasteiger partial charge in [-0.05, 0) is 50.8 Å². The second-order valence-electron chi connectivity index (χ2n) is 6.20. The number of carbonyl (C=O) groups is 1. The number of nitrogens with zero attached hydrogens (tertiary/aromatic N) is 4. The number of anilines is 2. The third-order valence-electron chi connectivity index (χ3n) is 4.41. The highest BCUT2D eigenvalue weighted by molar-refractivity contribution is 5.92. The molecule has 0 bridgehead atoms. The van der Waals surface area contributed by atoms with E-state index in [4.69, 9.17) is 0 Å². The maximum atomic E-state index is 12.5. The van der Waals surface area contributed by atoms with E-state index in [2.05, 4.69) is 46.9 Å². The van der Waals surface area contributed by atoms with Gasteiger partial charge in [-0.25, -0.2) is 9.97 Å². The Kier molecular flexibility index (Phi) is 5.08. The summed E-state index contributed by atoms with van der Waals surface area (Å²) in [6.45, 7) is 6.59. The molecule has 126 valence electrons. The smallest absolute Gasteiger partial charge is 0.274 e. The molecular formula is C19H24N4O. The molecule has 1 aliphatic heterocycles. The zero-order chi connectivity index (χ0) is 16.9. The molecule has 0 spiro atoms. The van der Waals surface area contributed by atoms with Crippen molar-refractivity contribution < 1.29 is 4.79 Å². The SMILES string of the molecule is CCN(c1cccc(C)c1)c1cnc(C(=O)N2CCCCC2)cn1. The van der Waals surface area contributed by atoms with Gasteiger partial charge in [0, 0.05) is 25.3 Å². The molecule has 1 amide bonds. The van der Waals surface area contributed by atoms with E-state index in [0.29, 0.717) is 5.69 Å². The van der Waals surface area contributed by atoms with Crippen LogP contribution in [-0.4, -0.2) is 40.4 Å². The molecule has 3 rings (SSSR count). The Labute approximate surface area is 143 Å². The van der Waals surface area contributed by atoms with E-state index in [9.17, 15) is 4.79 Å². The van der Waals surface area contributed by atoms with Crippen LogP contribution in [0.5, 0.6) is 0 Å². The van der Waals surface area contributed by atoms with Gasteiger partial charge in [0.1, 0.15) is 5.69 Å². The first kappa shape index (κ1) is 16.4. The highest BCUT2D eigenvalue weighted by Crippen LogP contribution is 2.23. The van der Waals surface area contributed by atoms with Crippen molar-refractivity contribution in [3.05, 3.63) is 47.9 Å². The maximum absolute atomic E-state index is 12.5. The van der Waals surface area contributed by atoms with Gasteiger partial charge >= 0.3 is 0 Å². The van der Waals surface area contributed by atoms with Crippen LogP contribution in [0.25, 0.3) is 0 Å². The summed E-state index contributed by atoms with van der Waals surface area (Å²) in [5.74, 6) is 0.755. The molecule has 0 N–H and O–H groups in total. The molecule has 0 saturated carbocycles. The number of hydrogen-bond acceptors (Lipinski definition) is 4. The van der Waals surface area contributed by atoms with Crippen LogP contribution < -0.4 is 4.90 Å². The van der Waals surface area contributed by atoms with Crippen LogP contribution in [0.1, 0.15) is 42.2 Å². The van der Waals surface area contributed by atoms with E-state index in [-0.39, 0.29) is 5.91 Å². The minimum absolute atomic E-state index is 0.00708. The molecule has 5 heteroatoms. The molecule has 2 aromatic rings. The third-order valence-corrected chi connectivity index (χ3v) is 4.41. The van der Waals surface area contributed by atoms with E-state index < -0.39 is 0 Å². The largest absolute Gasteiger partial charge is 0.337 e. The van der Waals surface area contributed by atoms with Gasteiger partial charge < -0.3 is 9.80 Å². The maximum Gasteiger partial charge on any atom is 0.274 e. The molecule has 24 heavy (non-hydrogen) atoms. The van der Waals surface area contributed by atoms with E-state index >= 15 is 0 Å². The number of carbonyl (C=O) groups excluding carboxylic acids is 1. The summed E-state index contributed by atoms with van der Waals surface area (Å²) in [7, 11) is 0.